The number of unbranched alkanes of at least 4 members (excludes halogenated alkanes) is 1. The number of carbonyl (C=O) groups is 3. The quantitative estimate of drug-likeness (QED) is 0.438. The number of nitrogens with one attached hydrogen (secondary N) is 2. The van der Waals surface area contributed by atoms with Gasteiger partial charge in [0.25, 0.3) is 0 Å². The van der Waals surface area contributed by atoms with E-state index in [9.17, 15) is 19.5 Å². The van der Waals surface area contributed by atoms with Crippen LogP contribution in [0.1, 0.15) is 60.3 Å². The largest absolute Gasteiger partial charge is 0.480 e. The van der Waals surface area contributed by atoms with Crippen LogP contribution in [0.25, 0.3) is 0 Å². The Hall–Kier alpha value is -1.83. The molecule has 0 bridgehead atoms. The molecule has 2 atom stereocenters. The van der Waals surface area contributed by atoms with Crippen LogP contribution in [0.4, 0.5) is 4.79 Å². The Labute approximate surface area is 149 Å². The first-order valence-corrected chi connectivity index (χ1v) is 8.68. The number of ether oxygens (including phenoxy) is 1. The van der Waals surface area contributed by atoms with Gasteiger partial charge in [0.05, 0.1) is 6.04 Å². The predicted molar refractivity (Wildman–Crippen MR) is 95.1 cm³/mol. The maximum atomic E-state index is 11.9. The van der Waals surface area contributed by atoms with Gasteiger partial charge < -0.3 is 26.2 Å². The number of alkyl carbamates (subject to hydrolysis) is 1. The lowest BCUT2D eigenvalue weighted by atomic mass is 10.0. The minimum absolute atomic E-state index is 0.253. The van der Waals surface area contributed by atoms with Crippen LogP contribution in [0.2, 0.25) is 0 Å². The average molecular weight is 359 g/mol. The summed E-state index contributed by atoms with van der Waals surface area (Å²) in [4.78, 5) is 34.7. The summed E-state index contributed by atoms with van der Waals surface area (Å²) in [7, 11) is 0. The molecule has 5 N–H and O–H groups in total. The van der Waals surface area contributed by atoms with Crippen molar-refractivity contribution in [2.45, 2.75) is 78.0 Å². The highest BCUT2D eigenvalue weighted by Gasteiger charge is 2.23. The van der Waals surface area contributed by atoms with E-state index in [1.54, 1.807) is 20.8 Å². The highest BCUT2D eigenvalue weighted by Crippen LogP contribution is 2.07. The first-order chi connectivity index (χ1) is 11.4. The van der Waals surface area contributed by atoms with Gasteiger partial charge >= 0.3 is 12.1 Å². The SMILES string of the molecule is CC(C)C[C@@H](N)C(=O)N[C@H](CCCCNC(=O)OC(C)(C)C)C(=O)O. The molecular formula is C17H33N3O5. The van der Waals surface area contributed by atoms with Crippen LogP contribution in [0.3, 0.4) is 0 Å². The number of nitrogens with two attached hydrogens (primary N) is 1. The molecule has 0 aliphatic carbocycles. The number of rotatable bonds is 10. The summed E-state index contributed by atoms with van der Waals surface area (Å²) in [6.45, 7) is 9.59. The van der Waals surface area contributed by atoms with Gasteiger partial charge in [0.1, 0.15) is 11.6 Å². The molecule has 0 rings (SSSR count). The van der Waals surface area contributed by atoms with Gasteiger partial charge in [-0.1, -0.05) is 13.8 Å². The van der Waals surface area contributed by atoms with Crippen LogP contribution in [0.5, 0.6) is 0 Å². The molecule has 0 aliphatic rings. The monoisotopic (exact) mass is 359 g/mol. The van der Waals surface area contributed by atoms with Crippen LogP contribution < -0.4 is 16.4 Å². The maximum absolute atomic E-state index is 11.9. The summed E-state index contributed by atoms with van der Waals surface area (Å²) in [6.07, 6.45) is 1.38. The van der Waals surface area contributed by atoms with Crippen molar-refractivity contribution in [3.05, 3.63) is 0 Å². The summed E-state index contributed by atoms with van der Waals surface area (Å²) < 4.78 is 5.10. The second kappa shape index (κ2) is 10.9. The van der Waals surface area contributed by atoms with Crippen LogP contribution in [0.15, 0.2) is 0 Å². The Balaban J connectivity index is 4.15. The zero-order valence-electron chi connectivity index (χ0n) is 15.9. The zero-order valence-corrected chi connectivity index (χ0v) is 15.9. The number of amides is 2. The molecule has 0 saturated heterocycles. The van der Waals surface area contributed by atoms with Gasteiger partial charge in [-0.2, -0.15) is 0 Å². The van der Waals surface area contributed by atoms with Crippen molar-refractivity contribution in [2.75, 3.05) is 6.54 Å². The highest BCUT2D eigenvalue weighted by atomic mass is 16.6. The van der Waals surface area contributed by atoms with E-state index < -0.39 is 35.7 Å². The molecular weight excluding hydrogens is 326 g/mol. The molecule has 0 aromatic rings. The van der Waals surface area contributed by atoms with Crippen molar-refractivity contribution in [1.29, 1.82) is 0 Å². The topological polar surface area (TPSA) is 131 Å². The van der Waals surface area contributed by atoms with Crippen LogP contribution in [-0.2, 0) is 14.3 Å². The van der Waals surface area contributed by atoms with E-state index in [0.717, 1.165) is 0 Å². The molecule has 146 valence electrons. The van der Waals surface area contributed by atoms with Crippen LogP contribution in [-0.4, -0.2) is 47.3 Å². The number of hydrogen-bond donors (Lipinski definition) is 4. The molecule has 0 saturated carbocycles. The van der Waals surface area contributed by atoms with Gasteiger partial charge in [-0.15, -0.1) is 0 Å². The van der Waals surface area contributed by atoms with Gasteiger partial charge in [0, 0.05) is 6.54 Å². The first-order valence-electron chi connectivity index (χ1n) is 8.68. The van der Waals surface area contributed by atoms with E-state index in [0.29, 0.717) is 25.8 Å². The fourth-order valence-electron chi connectivity index (χ4n) is 2.13. The Morgan fingerprint density at radius 1 is 1.16 bits per heavy atom. The van der Waals surface area contributed by atoms with Crippen molar-refractivity contribution >= 4 is 18.0 Å². The molecule has 0 aromatic carbocycles. The van der Waals surface area contributed by atoms with Gasteiger partial charge in [-0.05, 0) is 52.4 Å². The lowest BCUT2D eigenvalue weighted by Gasteiger charge is -2.20. The average Bonchev–Trinajstić information content (AvgIpc) is 2.42. The second-order valence-corrected chi connectivity index (χ2v) is 7.56. The molecule has 25 heavy (non-hydrogen) atoms. The third kappa shape index (κ3) is 12.2. The molecule has 2 amide bonds. The highest BCUT2D eigenvalue weighted by molar-refractivity contribution is 5.86. The molecule has 0 aromatic heterocycles. The summed E-state index contributed by atoms with van der Waals surface area (Å²) >= 11 is 0. The minimum Gasteiger partial charge on any atom is -0.480 e. The number of carboxylic acids is 1. The van der Waals surface area contributed by atoms with Crippen molar-refractivity contribution in [3.8, 4) is 0 Å². The Morgan fingerprint density at radius 3 is 2.24 bits per heavy atom. The first kappa shape index (κ1) is 23.2. The van der Waals surface area contributed by atoms with Gasteiger partial charge in [-0.25, -0.2) is 9.59 Å². The summed E-state index contributed by atoms with van der Waals surface area (Å²) in [6, 6.07) is -1.69. The van der Waals surface area contributed by atoms with Gasteiger partial charge in [-0.3, -0.25) is 4.79 Å². The normalized spacial score (nSPS) is 13.9. The third-order valence-corrected chi connectivity index (χ3v) is 3.26. The number of carboxylic acid groups (broad SMARTS) is 1. The van der Waals surface area contributed by atoms with E-state index in [1.807, 2.05) is 13.8 Å². The Kier molecular flexibility index (Phi) is 10.1. The zero-order chi connectivity index (χ0) is 19.6. The molecule has 8 nitrogen and oxygen atoms in total. The predicted octanol–water partition coefficient (Wildman–Crippen LogP) is 1.62. The van der Waals surface area contributed by atoms with Crippen molar-refractivity contribution in [1.82, 2.24) is 10.6 Å². The number of carbonyl (C=O) groups excluding carboxylic acids is 2. The Bertz CT molecular complexity index is 446. The number of hydrogen-bond acceptors (Lipinski definition) is 5. The maximum Gasteiger partial charge on any atom is 0.407 e. The molecule has 0 unspecified atom stereocenters. The van der Waals surface area contributed by atoms with Crippen molar-refractivity contribution < 1.29 is 24.2 Å². The minimum atomic E-state index is -1.09. The Morgan fingerprint density at radius 2 is 1.76 bits per heavy atom. The standard InChI is InChI=1S/C17H33N3O5/c1-11(2)10-12(18)14(21)20-13(15(22)23)8-6-7-9-19-16(24)25-17(3,4)5/h11-13H,6-10,18H2,1-5H3,(H,19,24)(H,20,21)(H,22,23)/t12-,13-/m1/s1. The van der Waals surface area contributed by atoms with E-state index in [2.05, 4.69) is 10.6 Å². The van der Waals surface area contributed by atoms with E-state index >= 15 is 0 Å². The van der Waals surface area contributed by atoms with E-state index in [-0.39, 0.29) is 12.3 Å². The second-order valence-electron chi connectivity index (χ2n) is 7.56. The van der Waals surface area contributed by atoms with Gasteiger partial charge in [0.15, 0.2) is 0 Å². The molecule has 0 radical (unpaired) electrons. The molecule has 0 heterocycles. The molecule has 0 aliphatic heterocycles. The fraction of sp³-hybridized carbons (Fsp3) is 0.824. The van der Waals surface area contributed by atoms with Crippen LogP contribution >= 0.6 is 0 Å². The number of aliphatic carboxylic acids is 1. The molecule has 0 spiro atoms. The fourth-order valence-corrected chi connectivity index (χ4v) is 2.13. The summed E-state index contributed by atoms with van der Waals surface area (Å²) in [5.41, 5.74) is 5.20. The van der Waals surface area contributed by atoms with E-state index in [1.165, 1.54) is 0 Å². The smallest absolute Gasteiger partial charge is 0.407 e. The molecule has 0 fully saturated rings. The summed E-state index contributed by atoms with van der Waals surface area (Å²) in [5.74, 6) is -1.29. The van der Waals surface area contributed by atoms with Crippen molar-refractivity contribution in [2.24, 2.45) is 11.7 Å². The third-order valence-electron chi connectivity index (χ3n) is 3.26. The van der Waals surface area contributed by atoms with Crippen molar-refractivity contribution in [3.63, 3.8) is 0 Å². The molecule has 8 heteroatoms. The van der Waals surface area contributed by atoms with Gasteiger partial charge in [0.2, 0.25) is 5.91 Å². The van der Waals surface area contributed by atoms with Crippen LogP contribution in [0, 0.1) is 5.92 Å². The lowest BCUT2D eigenvalue weighted by Crippen LogP contribution is -2.48. The van der Waals surface area contributed by atoms with E-state index in [4.69, 9.17) is 10.5 Å². The lowest BCUT2D eigenvalue weighted by molar-refractivity contribution is -0.142. The summed E-state index contributed by atoms with van der Waals surface area (Å²) in [5, 5.41) is 14.3.